The first-order chi connectivity index (χ1) is 13.1. The minimum Gasteiger partial charge on any atom is -0.380 e. The van der Waals surface area contributed by atoms with Crippen molar-refractivity contribution in [1.82, 2.24) is 4.90 Å². The van der Waals surface area contributed by atoms with Gasteiger partial charge in [0.1, 0.15) is 11.9 Å². The molecular weight excluding hydrogens is 341 g/mol. The maximum Gasteiger partial charge on any atom is 0.141 e. The first kappa shape index (κ1) is 18.1. The van der Waals surface area contributed by atoms with Crippen LogP contribution >= 0.6 is 0 Å². The van der Waals surface area contributed by atoms with Gasteiger partial charge in [-0.2, -0.15) is 5.26 Å². The minimum absolute atomic E-state index is 0.0609. The molecule has 0 spiro atoms. The summed E-state index contributed by atoms with van der Waals surface area (Å²) in [7, 11) is 1.68. The molecule has 2 saturated heterocycles. The fourth-order valence-corrected chi connectivity index (χ4v) is 4.73. The molecule has 5 heteroatoms. The van der Waals surface area contributed by atoms with Gasteiger partial charge >= 0.3 is 0 Å². The second-order valence-corrected chi connectivity index (χ2v) is 7.55. The quantitative estimate of drug-likeness (QED) is 0.880. The number of benzene rings is 2. The van der Waals surface area contributed by atoms with Crippen molar-refractivity contribution in [2.24, 2.45) is 5.73 Å². The molecule has 27 heavy (non-hydrogen) atoms. The number of halogens is 1. The Bertz CT molecular complexity index is 892. The van der Waals surface area contributed by atoms with Crippen LogP contribution in [0.3, 0.4) is 0 Å². The number of nitrogens with two attached hydrogens (primary N) is 1. The maximum atomic E-state index is 14.2. The Morgan fingerprint density at radius 2 is 2.15 bits per heavy atom. The Labute approximate surface area is 159 Å². The molecule has 0 aromatic heterocycles. The first-order valence-corrected chi connectivity index (χ1v) is 9.43. The molecular formula is C22H24FN3O. The van der Waals surface area contributed by atoms with Gasteiger partial charge in [-0.25, -0.2) is 4.39 Å². The zero-order valence-electron chi connectivity index (χ0n) is 15.5. The molecule has 2 aromatic carbocycles. The summed E-state index contributed by atoms with van der Waals surface area (Å²) in [4.78, 5) is 2.53. The van der Waals surface area contributed by atoms with Gasteiger partial charge in [-0.1, -0.05) is 24.3 Å². The third-order valence-corrected chi connectivity index (χ3v) is 6.04. The van der Waals surface area contributed by atoms with E-state index in [1.54, 1.807) is 13.2 Å². The number of hydrogen-bond donors (Lipinski definition) is 1. The van der Waals surface area contributed by atoms with Gasteiger partial charge in [0.25, 0.3) is 0 Å². The highest BCUT2D eigenvalue weighted by molar-refractivity contribution is 5.69. The van der Waals surface area contributed by atoms with E-state index >= 15 is 0 Å². The smallest absolute Gasteiger partial charge is 0.141 e. The van der Waals surface area contributed by atoms with Gasteiger partial charge in [0, 0.05) is 31.8 Å². The molecule has 0 radical (unpaired) electrons. The Morgan fingerprint density at radius 3 is 2.78 bits per heavy atom. The molecule has 0 saturated carbocycles. The van der Waals surface area contributed by atoms with Crippen LogP contribution < -0.4 is 5.73 Å². The number of methoxy groups -OCH3 is 1. The molecule has 0 amide bonds. The molecule has 2 aromatic rings. The highest BCUT2D eigenvalue weighted by Gasteiger charge is 2.44. The molecule has 2 N–H and O–H groups in total. The Balaban J connectivity index is 1.70. The first-order valence-electron chi connectivity index (χ1n) is 9.43. The van der Waals surface area contributed by atoms with Gasteiger partial charge in [-0.3, -0.25) is 4.90 Å². The highest BCUT2D eigenvalue weighted by Crippen LogP contribution is 2.39. The normalized spacial score (nSPS) is 24.3. The maximum absolute atomic E-state index is 14.2. The highest BCUT2D eigenvalue weighted by atomic mass is 19.1. The van der Waals surface area contributed by atoms with Gasteiger partial charge in [0.2, 0.25) is 0 Å². The fourth-order valence-electron chi connectivity index (χ4n) is 4.73. The van der Waals surface area contributed by atoms with E-state index in [4.69, 9.17) is 15.7 Å². The zero-order chi connectivity index (χ0) is 19.0. The molecule has 4 nitrogen and oxygen atoms in total. The largest absolute Gasteiger partial charge is 0.380 e. The number of nitriles is 1. The lowest BCUT2D eigenvalue weighted by Crippen LogP contribution is -2.36. The molecule has 2 aliphatic rings. The second kappa shape index (κ2) is 7.40. The number of ether oxygens (including phenoxy) is 1. The van der Waals surface area contributed by atoms with Crippen LogP contribution in [0.4, 0.5) is 4.39 Å². The van der Waals surface area contributed by atoms with Crippen LogP contribution in [0.25, 0.3) is 11.1 Å². The molecule has 2 fully saturated rings. The van der Waals surface area contributed by atoms with Crippen LogP contribution in [0.5, 0.6) is 0 Å². The predicted octanol–water partition coefficient (Wildman–Crippen LogP) is 3.57. The van der Waals surface area contributed by atoms with E-state index in [-0.39, 0.29) is 11.6 Å². The van der Waals surface area contributed by atoms with Gasteiger partial charge in [0.15, 0.2) is 0 Å². The Hall–Kier alpha value is -2.26. The van der Waals surface area contributed by atoms with E-state index in [9.17, 15) is 4.39 Å². The lowest BCUT2D eigenvalue weighted by molar-refractivity contribution is 0.181. The van der Waals surface area contributed by atoms with Crippen molar-refractivity contribution in [2.75, 3.05) is 7.11 Å². The summed E-state index contributed by atoms with van der Waals surface area (Å²) in [6.45, 7) is 1.30. The minimum atomic E-state index is -0.493. The summed E-state index contributed by atoms with van der Waals surface area (Å²) in [5.74, 6) is -0.493. The molecule has 3 atom stereocenters. The average molecular weight is 365 g/mol. The van der Waals surface area contributed by atoms with Crippen LogP contribution in [0.1, 0.15) is 36.0 Å². The van der Waals surface area contributed by atoms with E-state index < -0.39 is 5.82 Å². The third kappa shape index (κ3) is 3.25. The van der Waals surface area contributed by atoms with E-state index in [2.05, 4.69) is 11.0 Å². The van der Waals surface area contributed by atoms with E-state index in [0.717, 1.165) is 29.7 Å². The van der Waals surface area contributed by atoms with Crippen molar-refractivity contribution >= 4 is 0 Å². The van der Waals surface area contributed by atoms with Crippen molar-refractivity contribution in [2.45, 2.75) is 50.5 Å². The molecule has 2 aliphatic heterocycles. The lowest BCUT2D eigenvalue weighted by atomic mass is 9.94. The summed E-state index contributed by atoms with van der Waals surface area (Å²) in [6.07, 6.45) is 3.47. The lowest BCUT2D eigenvalue weighted by Gasteiger charge is -2.25. The van der Waals surface area contributed by atoms with Crippen LogP contribution in [0, 0.1) is 17.1 Å². The van der Waals surface area contributed by atoms with Gasteiger partial charge in [-0.05, 0) is 53.6 Å². The SMILES string of the molecule is COCc1c(CN2[C@@H]3CC[C@H]2[C@@H](N)C3)cccc1-c1ccc(C#N)c(F)c1. The van der Waals surface area contributed by atoms with E-state index in [1.807, 2.05) is 18.2 Å². The van der Waals surface area contributed by atoms with Crippen molar-refractivity contribution in [3.8, 4) is 17.2 Å². The topological polar surface area (TPSA) is 62.3 Å². The summed E-state index contributed by atoms with van der Waals surface area (Å²) >= 11 is 0. The van der Waals surface area contributed by atoms with Gasteiger partial charge < -0.3 is 10.5 Å². The number of nitrogens with zero attached hydrogens (tertiary/aromatic N) is 2. The molecule has 0 aliphatic carbocycles. The third-order valence-electron chi connectivity index (χ3n) is 6.04. The Kier molecular flexibility index (Phi) is 4.96. The van der Waals surface area contributed by atoms with Crippen molar-refractivity contribution < 1.29 is 9.13 Å². The summed E-state index contributed by atoms with van der Waals surface area (Å²) in [5.41, 5.74) is 10.3. The fraction of sp³-hybridized carbons (Fsp3) is 0.409. The zero-order valence-corrected chi connectivity index (χ0v) is 15.5. The molecule has 4 rings (SSSR count). The van der Waals surface area contributed by atoms with E-state index in [1.165, 1.54) is 30.5 Å². The van der Waals surface area contributed by atoms with Crippen LogP contribution in [-0.2, 0) is 17.9 Å². The summed E-state index contributed by atoms with van der Waals surface area (Å²) < 4.78 is 19.6. The van der Waals surface area contributed by atoms with Crippen LogP contribution in [0.15, 0.2) is 36.4 Å². The van der Waals surface area contributed by atoms with E-state index in [0.29, 0.717) is 18.7 Å². The monoisotopic (exact) mass is 365 g/mol. The molecule has 140 valence electrons. The predicted molar refractivity (Wildman–Crippen MR) is 102 cm³/mol. The second-order valence-electron chi connectivity index (χ2n) is 7.55. The van der Waals surface area contributed by atoms with Crippen LogP contribution in [-0.4, -0.2) is 30.1 Å². The standard InChI is InChI=1S/C22H24FN3O/c1-27-13-19-16(12-26-17-7-8-22(26)21(25)10-17)3-2-4-18(19)14-5-6-15(11-24)20(23)9-14/h2-6,9,17,21-22H,7-8,10,12-13,25H2,1H3/t17-,21+,22+/m1/s1. The van der Waals surface area contributed by atoms with Crippen molar-refractivity contribution in [1.29, 1.82) is 5.26 Å². The molecule has 2 bridgehead atoms. The summed E-state index contributed by atoms with van der Waals surface area (Å²) in [5, 5.41) is 8.97. The van der Waals surface area contributed by atoms with Crippen molar-refractivity contribution in [3.63, 3.8) is 0 Å². The average Bonchev–Trinajstić information content (AvgIpc) is 3.18. The number of rotatable bonds is 5. The summed E-state index contributed by atoms with van der Waals surface area (Å²) in [6, 6.07) is 14.1. The van der Waals surface area contributed by atoms with Crippen LogP contribution in [0.2, 0.25) is 0 Å². The number of fused-ring (bicyclic) bond motifs is 2. The molecule has 0 unspecified atom stereocenters. The molecule has 2 heterocycles. The van der Waals surface area contributed by atoms with Crippen molar-refractivity contribution in [3.05, 3.63) is 58.9 Å². The van der Waals surface area contributed by atoms with Gasteiger partial charge in [-0.15, -0.1) is 0 Å². The Morgan fingerprint density at radius 1 is 1.30 bits per heavy atom. The van der Waals surface area contributed by atoms with Gasteiger partial charge in [0.05, 0.1) is 12.2 Å². The number of hydrogen-bond acceptors (Lipinski definition) is 4.